The molecule has 0 heterocycles. The zero-order chi connectivity index (χ0) is 35.9. The molecule has 0 unspecified atom stereocenters. The van der Waals surface area contributed by atoms with Gasteiger partial charge in [0.15, 0.2) is 0 Å². The number of carbonyl (C=O) groups excluding carboxylic acids is 4. The highest BCUT2D eigenvalue weighted by molar-refractivity contribution is 5.86. The van der Waals surface area contributed by atoms with Gasteiger partial charge in [-0.25, -0.2) is 9.59 Å². The second-order valence-electron chi connectivity index (χ2n) is 12.5. The molecular formula is C40H47N3O7. The van der Waals surface area contributed by atoms with Crippen LogP contribution in [-0.4, -0.2) is 66.9 Å². The monoisotopic (exact) mass is 681 g/mol. The first-order chi connectivity index (χ1) is 24.2. The summed E-state index contributed by atoms with van der Waals surface area (Å²) in [6, 6.07) is 23.5. The van der Waals surface area contributed by atoms with Crippen LogP contribution in [-0.2, 0) is 30.3 Å². The number of alkyl carbamates (subject to hydrolysis) is 1. The number of hydrogen-bond acceptors (Lipinski definition) is 7. The minimum absolute atomic E-state index is 0.101. The molecule has 4 rings (SSSR count). The van der Waals surface area contributed by atoms with Crippen molar-refractivity contribution in [3.8, 4) is 11.1 Å². The topological polar surface area (TPSA) is 143 Å². The second kappa shape index (κ2) is 19.1. The second-order valence-corrected chi connectivity index (χ2v) is 12.5. The number of allylic oxidation sites excluding steroid dienone is 2. The predicted octanol–water partition coefficient (Wildman–Crippen LogP) is 5.21. The van der Waals surface area contributed by atoms with E-state index in [1.165, 1.54) is 0 Å². The van der Waals surface area contributed by atoms with Gasteiger partial charge in [-0.3, -0.25) is 9.59 Å². The lowest BCUT2D eigenvalue weighted by atomic mass is 9.98. The van der Waals surface area contributed by atoms with Gasteiger partial charge in [0.05, 0.1) is 24.6 Å². The van der Waals surface area contributed by atoms with E-state index in [1.54, 1.807) is 19.1 Å². The number of aliphatic hydroxyl groups is 1. The molecule has 3 aromatic rings. The lowest BCUT2D eigenvalue weighted by Gasteiger charge is -2.22. The van der Waals surface area contributed by atoms with Gasteiger partial charge >= 0.3 is 12.1 Å². The summed E-state index contributed by atoms with van der Waals surface area (Å²) < 4.78 is 11.1. The predicted molar refractivity (Wildman–Crippen MR) is 192 cm³/mol. The van der Waals surface area contributed by atoms with Crippen molar-refractivity contribution in [2.75, 3.05) is 19.8 Å². The van der Waals surface area contributed by atoms with E-state index in [9.17, 15) is 24.3 Å². The third-order valence-electron chi connectivity index (χ3n) is 8.61. The van der Waals surface area contributed by atoms with Crippen molar-refractivity contribution in [2.24, 2.45) is 5.92 Å². The Labute approximate surface area is 294 Å². The number of carbonyl (C=O) groups is 4. The molecule has 3 aromatic carbocycles. The largest absolute Gasteiger partial charge is 0.462 e. The Morgan fingerprint density at radius 3 is 2.10 bits per heavy atom. The number of hydrogen-bond donors (Lipinski definition) is 4. The first-order valence-electron chi connectivity index (χ1n) is 17.0. The van der Waals surface area contributed by atoms with Crippen LogP contribution in [0.5, 0.6) is 0 Å². The van der Waals surface area contributed by atoms with Gasteiger partial charge in [0.1, 0.15) is 19.3 Å². The maximum absolute atomic E-state index is 13.1. The van der Waals surface area contributed by atoms with Gasteiger partial charge in [0.25, 0.3) is 0 Å². The van der Waals surface area contributed by atoms with Gasteiger partial charge in [0.2, 0.25) is 11.8 Å². The Morgan fingerprint density at radius 1 is 0.840 bits per heavy atom. The molecule has 0 bridgehead atoms. The molecule has 0 radical (unpaired) electrons. The highest BCUT2D eigenvalue weighted by Gasteiger charge is 2.30. The van der Waals surface area contributed by atoms with E-state index < -0.39 is 42.0 Å². The number of amides is 3. The summed E-state index contributed by atoms with van der Waals surface area (Å²) in [5.74, 6) is -2.27. The fourth-order valence-electron chi connectivity index (χ4n) is 6.08. The molecule has 1 aliphatic carbocycles. The zero-order valence-electron chi connectivity index (χ0n) is 28.5. The van der Waals surface area contributed by atoms with Crippen molar-refractivity contribution in [1.82, 2.24) is 16.0 Å². The fourth-order valence-corrected chi connectivity index (χ4v) is 6.08. The minimum Gasteiger partial charge on any atom is -0.462 e. The average Bonchev–Trinajstić information content (AvgIpc) is 3.44. The highest BCUT2D eigenvalue weighted by Crippen LogP contribution is 2.44. The van der Waals surface area contributed by atoms with Crippen molar-refractivity contribution >= 4 is 23.9 Å². The number of benzene rings is 3. The van der Waals surface area contributed by atoms with Gasteiger partial charge < -0.3 is 30.5 Å². The number of esters is 1. The quantitative estimate of drug-likeness (QED) is 0.101. The third-order valence-corrected chi connectivity index (χ3v) is 8.61. The summed E-state index contributed by atoms with van der Waals surface area (Å²) in [4.78, 5) is 51.9. The van der Waals surface area contributed by atoms with Gasteiger partial charge in [-0.1, -0.05) is 91.0 Å². The van der Waals surface area contributed by atoms with E-state index >= 15 is 0 Å². The third kappa shape index (κ3) is 10.6. The normalized spacial score (nSPS) is 14.1. The van der Waals surface area contributed by atoms with Crippen LogP contribution in [0.15, 0.2) is 104 Å². The van der Waals surface area contributed by atoms with Gasteiger partial charge in [-0.05, 0) is 60.4 Å². The van der Waals surface area contributed by atoms with Crippen LogP contribution in [0, 0.1) is 5.92 Å². The van der Waals surface area contributed by atoms with Crippen molar-refractivity contribution in [2.45, 2.75) is 63.1 Å². The van der Waals surface area contributed by atoms with E-state index in [1.807, 2.05) is 66.7 Å². The molecule has 3 amide bonds. The number of ether oxygens (including phenoxy) is 2. The van der Waals surface area contributed by atoms with E-state index in [0.717, 1.165) is 27.8 Å². The molecular weight excluding hydrogens is 634 g/mol. The molecule has 0 spiro atoms. The minimum atomic E-state index is -0.987. The molecule has 0 saturated heterocycles. The SMILES string of the molecule is C=CCC[C@H](NC(=O)OCC1c2ccccc2-c2ccccc21)C(=O)OC[C@H](C)NC(=O)[C@H](CC=C)CC(=O)N[C@H](CO)Cc1ccccc1. The summed E-state index contributed by atoms with van der Waals surface area (Å²) in [5, 5.41) is 18.0. The molecule has 10 heteroatoms. The fraction of sp³-hybridized carbons (Fsp3) is 0.350. The Morgan fingerprint density at radius 2 is 1.48 bits per heavy atom. The van der Waals surface area contributed by atoms with Crippen LogP contribution >= 0.6 is 0 Å². The van der Waals surface area contributed by atoms with E-state index in [2.05, 4.69) is 41.2 Å². The summed E-state index contributed by atoms with van der Waals surface area (Å²) in [6.45, 7) is 8.80. The molecule has 50 heavy (non-hydrogen) atoms. The summed E-state index contributed by atoms with van der Waals surface area (Å²) >= 11 is 0. The summed E-state index contributed by atoms with van der Waals surface area (Å²) in [5.41, 5.74) is 5.34. The lowest BCUT2D eigenvalue weighted by Crippen LogP contribution is -2.45. The first kappa shape index (κ1) is 37.6. The van der Waals surface area contributed by atoms with Crippen LogP contribution in [0.4, 0.5) is 4.79 Å². The van der Waals surface area contributed by atoms with Crippen LogP contribution in [0.3, 0.4) is 0 Å². The zero-order valence-corrected chi connectivity index (χ0v) is 28.5. The van der Waals surface area contributed by atoms with Crippen molar-refractivity contribution in [3.63, 3.8) is 0 Å². The van der Waals surface area contributed by atoms with Crippen LogP contribution < -0.4 is 16.0 Å². The van der Waals surface area contributed by atoms with E-state index in [0.29, 0.717) is 12.8 Å². The molecule has 0 aliphatic heterocycles. The maximum Gasteiger partial charge on any atom is 0.407 e. The van der Waals surface area contributed by atoms with Crippen LogP contribution in [0.25, 0.3) is 11.1 Å². The molecule has 0 saturated carbocycles. The van der Waals surface area contributed by atoms with E-state index in [4.69, 9.17) is 9.47 Å². The maximum atomic E-state index is 13.1. The molecule has 4 atom stereocenters. The molecule has 4 N–H and O–H groups in total. The smallest absolute Gasteiger partial charge is 0.407 e. The van der Waals surface area contributed by atoms with Gasteiger partial charge in [-0.15, -0.1) is 13.2 Å². The molecule has 10 nitrogen and oxygen atoms in total. The summed E-state index contributed by atoms with van der Waals surface area (Å²) in [6.07, 6.45) is 3.76. The molecule has 264 valence electrons. The molecule has 1 aliphatic rings. The number of rotatable bonds is 19. The van der Waals surface area contributed by atoms with Gasteiger partial charge in [0, 0.05) is 12.3 Å². The van der Waals surface area contributed by atoms with Gasteiger partial charge in [-0.2, -0.15) is 0 Å². The Kier molecular flexibility index (Phi) is 14.4. The lowest BCUT2D eigenvalue weighted by molar-refractivity contribution is -0.147. The van der Waals surface area contributed by atoms with E-state index in [-0.39, 0.29) is 50.9 Å². The molecule has 0 aromatic heterocycles. The van der Waals surface area contributed by atoms with Crippen molar-refractivity contribution < 1.29 is 33.8 Å². The van der Waals surface area contributed by atoms with Crippen molar-refractivity contribution in [1.29, 1.82) is 0 Å². The highest BCUT2D eigenvalue weighted by atomic mass is 16.6. The average molecular weight is 682 g/mol. The van der Waals surface area contributed by atoms with Crippen LogP contribution in [0.2, 0.25) is 0 Å². The Bertz CT molecular complexity index is 1580. The van der Waals surface area contributed by atoms with Crippen molar-refractivity contribution in [3.05, 3.63) is 121 Å². The first-order valence-corrected chi connectivity index (χ1v) is 17.0. The number of nitrogens with one attached hydrogen (secondary N) is 3. The Hall–Kier alpha value is -5.22. The van der Waals surface area contributed by atoms with Crippen LogP contribution in [0.1, 0.15) is 55.2 Å². The summed E-state index contributed by atoms with van der Waals surface area (Å²) in [7, 11) is 0. The number of aliphatic hydroxyl groups excluding tert-OH is 1. The molecule has 0 fully saturated rings. The standard InChI is InChI=1S/C40H47N3O7/c1-4-6-21-36(43-40(48)50-26-35-33-19-12-10-17-31(33)32-18-11-13-20-34(32)35)39(47)49-25-27(3)41-38(46)29(14-5-2)23-37(45)42-30(24-44)22-28-15-8-7-9-16-28/h4-5,7-13,15-20,27,29-30,35-36,44H,1-2,6,14,21-26H2,3H3,(H,41,46)(H,42,45)(H,43,48)/t27-,29+,30-,36-/m0/s1. The Balaban J connectivity index is 1.26. The number of fused-ring (bicyclic) bond motifs is 3.